The molecule has 0 aromatic carbocycles. The van der Waals surface area contributed by atoms with Crippen molar-refractivity contribution in [2.75, 3.05) is 53.6 Å². The first-order valence-electron chi connectivity index (χ1n) is 6.34. The molecule has 0 aromatic rings. The first-order chi connectivity index (χ1) is 9.50. The fourth-order valence-electron chi connectivity index (χ4n) is 2.07. The van der Waals surface area contributed by atoms with E-state index >= 15 is 0 Å². The van der Waals surface area contributed by atoms with Crippen LogP contribution in [-0.2, 0) is 25.0 Å². The molecule has 0 aromatic heterocycles. The van der Waals surface area contributed by atoms with Gasteiger partial charge in [-0.3, -0.25) is 4.79 Å². The zero-order valence-electron chi connectivity index (χ0n) is 12.6. The fraction of sp³-hybridized carbons (Fsp3) is 0.900. The average molecular weight is 342 g/mol. The van der Waals surface area contributed by atoms with Gasteiger partial charge in [-0.15, -0.1) is 0 Å². The summed E-state index contributed by atoms with van der Waals surface area (Å²) in [6.07, 6.45) is 1.05. The van der Waals surface area contributed by atoms with Crippen LogP contribution >= 0.6 is 0 Å². The lowest BCUT2D eigenvalue weighted by molar-refractivity contribution is -0.124. The van der Waals surface area contributed by atoms with E-state index in [1.807, 2.05) is 0 Å². The molecule has 1 saturated heterocycles. The summed E-state index contributed by atoms with van der Waals surface area (Å²) in [6.45, 7) is -0.0371. The van der Waals surface area contributed by atoms with Gasteiger partial charge >= 0.3 is 0 Å². The van der Waals surface area contributed by atoms with Crippen LogP contribution in [0.5, 0.6) is 0 Å². The zero-order chi connectivity index (χ0) is 16.4. The van der Waals surface area contributed by atoms with E-state index in [1.165, 1.54) is 21.1 Å². The maximum Gasteiger partial charge on any atom is 0.281 e. The number of rotatable bonds is 4. The first-order valence-corrected chi connectivity index (χ1v) is 9.59. The van der Waals surface area contributed by atoms with Crippen molar-refractivity contribution in [3.05, 3.63) is 0 Å². The summed E-state index contributed by atoms with van der Waals surface area (Å²) < 4.78 is 51.1. The third-order valence-corrected chi connectivity index (χ3v) is 6.50. The third-order valence-electron chi connectivity index (χ3n) is 3.32. The van der Waals surface area contributed by atoms with Gasteiger partial charge in [0, 0.05) is 47.3 Å². The van der Waals surface area contributed by atoms with E-state index in [1.54, 1.807) is 0 Å². The predicted octanol–water partition coefficient (Wildman–Crippen LogP) is -2.27. The molecule has 1 aliphatic rings. The van der Waals surface area contributed by atoms with Crippen LogP contribution in [0.2, 0.25) is 0 Å². The van der Waals surface area contributed by atoms with Crippen molar-refractivity contribution < 1.29 is 21.6 Å². The molecule has 21 heavy (non-hydrogen) atoms. The van der Waals surface area contributed by atoms with Gasteiger partial charge in [-0.05, 0) is 0 Å². The van der Waals surface area contributed by atoms with E-state index < -0.39 is 26.2 Å². The van der Waals surface area contributed by atoms with Crippen LogP contribution in [0.25, 0.3) is 0 Å². The highest BCUT2D eigenvalue weighted by Crippen LogP contribution is 2.16. The summed E-state index contributed by atoms with van der Waals surface area (Å²) in [5.41, 5.74) is 0. The summed E-state index contributed by atoms with van der Waals surface area (Å²) in [7, 11) is -2.98. The van der Waals surface area contributed by atoms with Crippen LogP contribution in [0, 0.1) is 5.92 Å². The summed E-state index contributed by atoms with van der Waals surface area (Å²) in [4.78, 5) is 11.9. The molecule has 0 unspecified atom stereocenters. The Balaban J connectivity index is 3.12. The standard InChI is InChI=1S/C10H22N4O5S2/c1-11-10(15)9-7-13(20(4,16)17)5-6-14(8-9)21(18,19)12(2)3/h9H,5-8H2,1-4H3,(H,11,15)/t9-/m1/s1. The second kappa shape index (κ2) is 6.57. The van der Waals surface area contributed by atoms with E-state index in [0.717, 1.165) is 19.2 Å². The molecular weight excluding hydrogens is 320 g/mol. The van der Waals surface area contributed by atoms with Gasteiger partial charge in [0.1, 0.15) is 0 Å². The number of hydrogen-bond donors (Lipinski definition) is 1. The molecule has 1 aliphatic heterocycles. The Morgan fingerprint density at radius 2 is 1.57 bits per heavy atom. The highest BCUT2D eigenvalue weighted by Gasteiger charge is 2.36. The van der Waals surface area contributed by atoms with Gasteiger partial charge in [-0.2, -0.15) is 21.3 Å². The maximum atomic E-state index is 12.2. The highest BCUT2D eigenvalue weighted by atomic mass is 32.2. The number of nitrogens with one attached hydrogen (secondary N) is 1. The van der Waals surface area contributed by atoms with Gasteiger partial charge in [0.15, 0.2) is 0 Å². The Bertz CT molecular complexity index is 587. The van der Waals surface area contributed by atoms with Gasteiger partial charge in [-0.25, -0.2) is 8.42 Å². The third kappa shape index (κ3) is 4.36. The lowest BCUT2D eigenvalue weighted by Crippen LogP contribution is -2.45. The number of hydrogen-bond acceptors (Lipinski definition) is 5. The number of carbonyl (C=O) groups is 1. The van der Waals surface area contributed by atoms with Crippen molar-refractivity contribution in [1.82, 2.24) is 18.2 Å². The summed E-state index contributed by atoms with van der Waals surface area (Å²) in [5, 5.41) is 2.44. The van der Waals surface area contributed by atoms with Crippen LogP contribution in [0.15, 0.2) is 0 Å². The quantitative estimate of drug-likeness (QED) is 0.620. The lowest BCUT2D eigenvalue weighted by atomic mass is 10.1. The Morgan fingerprint density at radius 3 is 2.00 bits per heavy atom. The molecule has 0 radical (unpaired) electrons. The fourth-order valence-corrected chi connectivity index (χ4v) is 4.07. The lowest BCUT2D eigenvalue weighted by Gasteiger charge is -2.25. The summed E-state index contributed by atoms with van der Waals surface area (Å²) in [6, 6.07) is 0. The minimum absolute atomic E-state index is 0.0150. The molecule has 1 fully saturated rings. The van der Waals surface area contributed by atoms with E-state index in [2.05, 4.69) is 5.32 Å². The minimum Gasteiger partial charge on any atom is -0.359 e. The number of amides is 1. The number of nitrogens with zero attached hydrogens (tertiary/aromatic N) is 3. The van der Waals surface area contributed by atoms with Crippen molar-refractivity contribution in [3.63, 3.8) is 0 Å². The predicted molar refractivity (Wildman–Crippen MR) is 78.2 cm³/mol. The molecule has 9 nitrogen and oxygen atoms in total. The molecule has 1 N–H and O–H groups in total. The van der Waals surface area contributed by atoms with Crippen molar-refractivity contribution >= 4 is 26.1 Å². The van der Waals surface area contributed by atoms with Gasteiger partial charge in [0.2, 0.25) is 15.9 Å². The Labute approximate surface area is 126 Å². The minimum atomic E-state index is -3.70. The van der Waals surface area contributed by atoms with Crippen molar-refractivity contribution in [2.45, 2.75) is 0 Å². The maximum absolute atomic E-state index is 12.2. The van der Waals surface area contributed by atoms with Crippen LogP contribution in [0.4, 0.5) is 0 Å². The summed E-state index contributed by atoms with van der Waals surface area (Å²) >= 11 is 0. The van der Waals surface area contributed by atoms with Gasteiger partial charge in [0.25, 0.3) is 10.2 Å². The molecule has 11 heteroatoms. The van der Waals surface area contributed by atoms with Crippen LogP contribution in [0.1, 0.15) is 0 Å². The second-order valence-electron chi connectivity index (χ2n) is 5.08. The largest absolute Gasteiger partial charge is 0.359 e. The van der Waals surface area contributed by atoms with E-state index in [9.17, 15) is 21.6 Å². The van der Waals surface area contributed by atoms with E-state index in [0.29, 0.717) is 0 Å². The monoisotopic (exact) mass is 342 g/mol. The second-order valence-corrected chi connectivity index (χ2v) is 9.21. The number of sulfonamides is 1. The molecule has 1 atom stereocenters. The molecule has 1 heterocycles. The Hall–Kier alpha value is -0.750. The first kappa shape index (κ1) is 18.3. The van der Waals surface area contributed by atoms with Gasteiger partial charge < -0.3 is 5.32 Å². The molecule has 1 amide bonds. The van der Waals surface area contributed by atoms with Gasteiger partial charge in [0.05, 0.1) is 12.2 Å². The topological polar surface area (TPSA) is 107 Å². The zero-order valence-corrected chi connectivity index (χ0v) is 14.2. The average Bonchev–Trinajstić information content (AvgIpc) is 2.60. The Morgan fingerprint density at radius 1 is 1.10 bits per heavy atom. The molecule has 0 bridgehead atoms. The molecule has 124 valence electrons. The molecule has 0 saturated carbocycles. The van der Waals surface area contributed by atoms with Crippen molar-refractivity contribution in [2.24, 2.45) is 5.92 Å². The van der Waals surface area contributed by atoms with Crippen molar-refractivity contribution in [3.8, 4) is 0 Å². The molecule has 0 spiro atoms. The smallest absolute Gasteiger partial charge is 0.281 e. The SMILES string of the molecule is CNC(=O)[C@@H]1CN(S(C)(=O)=O)CCN(S(=O)(=O)N(C)C)C1. The Kier molecular flexibility index (Phi) is 5.72. The van der Waals surface area contributed by atoms with E-state index in [-0.39, 0.29) is 32.1 Å². The summed E-state index contributed by atoms with van der Waals surface area (Å²) in [5.74, 6) is -1.13. The van der Waals surface area contributed by atoms with Crippen LogP contribution in [0.3, 0.4) is 0 Å². The molecular formula is C10H22N4O5S2. The van der Waals surface area contributed by atoms with Crippen molar-refractivity contribution in [1.29, 1.82) is 0 Å². The van der Waals surface area contributed by atoms with Crippen LogP contribution < -0.4 is 5.32 Å². The normalized spacial score (nSPS) is 23.0. The van der Waals surface area contributed by atoms with Gasteiger partial charge in [-0.1, -0.05) is 0 Å². The highest BCUT2D eigenvalue weighted by molar-refractivity contribution is 7.88. The number of carbonyl (C=O) groups excluding carboxylic acids is 1. The van der Waals surface area contributed by atoms with E-state index in [4.69, 9.17) is 0 Å². The molecule has 0 aliphatic carbocycles. The molecule has 1 rings (SSSR count). The van der Waals surface area contributed by atoms with Crippen LogP contribution in [-0.4, -0.2) is 89.2 Å².